The van der Waals surface area contributed by atoms with Crippen LogP contribution in [0.2, 0.25) is 0 Å². The summed E-state index contributed by atoms with van der Waals surface area (Å²) in [6, 6.07) is -0.457. The van der Waals surface area contributed by atoms with Gasteiger partial charge < -0.3 is 10.2 Å². The van der Waals surface area contributed by atoms with Crippen molar-refractivity contribution in [2.75, 3.05) is 13.1 Å². The summed E-state index contributed by atoms with van der Waals surface area (Å²) >= 11 is 0. The maximum atomic E-state index is 12.2. The number of imide groups is 1. The van der Waals surface area contributed by atoms with Gasteiger partial charge in [0.1, 0.15) is 5.54 Å². The fraction of sp³-hybridized carbons (Fsp3) is 0.769. The number of carbonyl (C=O) groups excluding carboxylic acids is 3. The second kappa shape index (κ2) is 5.19. The summed E-state index contributed by atoms with van der Waals surface area (Å²) in [5.74, 6) is 0.110. The SMILES string of the molecule is CCC(C)CC(=O)N1CCCC2(C1)NC(=O)NC2=O. The van der Waals surface area contributed by atoms with E-state index in [0.29, 0.717) is 31.8 Å². The number of urea groups is 1. The van der Waals surface area contributed by atoms with Crippen LogP contribution in [0.15, 0.2) is 0 Å². The van der Waals surface area contributed by atoms with Gasteiger partial charge in [0.25, 0.3) is 5.91 Å². The van der Waals surface area contributed by atoms with Crippen molar-refractivity contribution in [3.05, 3.63) is 0 Å². The molecule has 19 heavy (non-hydrogen) atoms. The maximum absolute atomic E-state index is 12.2. The first kappa shape index (κ1) is 13.8. The highest BCUT2D eigenvalue weighted by Gasteiger charge is 2.49. The smallest absolute Gasteiger partial charge is 0.322 e. The Morgan fingerprint density at radius 1 is 1.47 bits per heavy atom. The number of nitrogens with zero attached hydrogens (tertiary/aromatic N) is 1. The molecule has 0 aromatic carbocycles. The van der Waals surface area contributed by atoms with E-state index >= 15 is 0 Å². The summed E-state index contributed by atoms with van der Waals surface area (Å²) in [6.07, 6.45) is 2.79. The summed E-state index contributed by atoms with van der Waals surface area (Å²) in [6.45, 7) is 5.06. The van der Waals surface area contributed by atoms with E-state index in [9.17, 15) is 14.4 Å². The van der Waals surface area contributed by atoms with Gasteiger partial charge in [-0.15, -0.1) is 0 Å². The average molecular weight is 267 g/mol. The highest BCUT2D eigenvalue weighted by atomic mass is 16.2. The van der Waals surface area contributed by atoms with Crippen LogP contribution in [0.3, 0.4) is 0 Å². The lowest BCUT2D eigenvalue weighted by Crippen LogP contribution is -2.59. The van der Waals surface area contributed by atoms with Gasteiger partial charge in [-0.3, -0.25) is 14.9 Å². The minimum Gasteiger partial charge on any atom is -0.340 e. The van der Waals surface area contributed by atoms with E-state index < -0.39 is 11.6 Å². The number of hydrogen-bond donors (Lipinski definition) is 2. The third-order valence-corrected chi connectivity index (χ3v) is 4.08. The van der Waals surface area contributed by atoms with Crippen LogP contribution in [-0.4, -0.2) is 41.4 Å². The minimum atomic E-state index is -0.902. The van der Waals surface area contributed by atoms with Crippen molar-refractivity contribution < 1.29 is 14.4 Å². The van der Waals surface area contributed by atoms with Gasteiger partial charge in [-0.1, -0.05) is 20.3 Å². The first-order valence-corrected chi connectivity index (χ1v) is 6.88. The number of amides is 4. The molecule has 0 radical (unpaired) electrons. The molecule has 6 heteroatoms. The number of carbonyl (C=O) groups is 3. The van der Waals surface area contributed by atoms with Crippen LogP contribution in [0.5, 0.6) is 0 Å². The standard InChI is InChI=1S/C13H21N3O3/c1-3-9(2)7-10(17)16-6-4-5-13(8-16)11(18)14-12(19)15-13/h9H,3-8H2,1-2H3,(H2,14,15,18,19). The zero-order chi connectivity index (χ0) is 14.0. The van der Waals surface area contributed by atoms with Crippen LogP contribution in [-0.2, 0) is 9.59 Å². The summed E-state index contributed by atoms with van der Waals surface area (Å²) < 4.78 is 0. The van der Waals surface area contributed by atoms with Crippen LogP contribution in [0.1, 0.15) is 39.5 Å². The van der Waals surface area contributed by atoms with Gasteiger partial charge >= 0.3 is 6.03 Å². The summed E-state index contributed by atoms with van der Waals surface area (Å²) in [5, 5.41) is 4.94. The molecule has 106 valence electrons. The Morgan fingerprint density at radius 2 is 2.21 bits per heavy atom. The van der Waals surface area contributed by atoms with E-state index in [1.165, 1.54) is 0 Å². The molecule has 4 amide bonds. The number of piperidine rings is 1. The molecule has 2 atom stereocenters. The highest BCUT2D eigenvalue weighted by molar-refractivity contribution is 6.07. The quantitative estimate of drug-likeness (QED) is 0.736. The fourth-order valence-corrected chi connectivity index (χ4v) is 2.66. The first-order valence-electron chi connectivity index (χ1n) is 6.88. The zero-order valence-corrected chi connectivity index (χ0v) is 11.5. The summed E-state index contributed by atoms with van der Waals surface area (Å²) in [4.78, 5) is 37.0. The van der Waals surface area contributed by atoms with E-state index in [1.54, 1.807) is 4.90 Å². The van der Waals surface area contributed by atoms with E-state index in [0.717, 1.165) is 12.8 Å². The fourth-order valence-electron chi connectivity index (χ4n) is 2.66. The lowest BCUT2D eigenvalue weighted by atomic mass is 9.88. The number of rotatable bonds is 3. The number of nitrogens with one attached hydrogen (secondary N) is 2. The van der Waals surface area contributed by atoms with Gasteiger partial charge in [0.2, 0.25) is 5.91 Å². The molecule has 0 aromatic heterocycles. The van der Waals surface area contributed by atoms with Crippen molar-refractivity contribution in [3.63, 3.8) is 0 Å². The molecule has 2 fully saturated rings. The molecule has 2 rings (SSSR count). The van der Waals surface area contributed by atoms with Crippen LogP contribution in [0.4, 0.5) is 4.79 Å². The van der Waals surface area contributed by atoms with Gasteiger partial charge in [0.15, 0.2) is 0 Å². The Balaban J connectivity index is 2.03. The molecule has 2 heterocycles. The third-order valence-electron chi connectivity index (χ3n) is 4.08. The Bertz CT molecular complexity index is 410. The van der Waals surface area contributed by atoms with Crippen LogP contribution in [0.25, 0.3) is 0 Å². The molecule has 1 spiro atoms. The van der Waals surface area contributed by atoms with E-state index in [2.05, 4.69) is 17.6 Å². The minimum absolute atomic E-state index is 0.0716. The van der Waals surface area contributed by atoms with Gasteiger partial charge in [-0.05, 0) is 18.8 Å². The van der Waals surface area contributed by atoms with Crippen LogP contribution >= 0.6 is 0 Å². The van der Waals surface area contributed by atoms with Crippen molar-refractivity contribution >= 4 is 17.8 Å². The monoisotopic (exact) mass is 267 g/mol. The van der Waals surface area contributed by atoms with Gasteiger partial charge in [-0.2, -0.15) is 0 Å². The molecule has 0 saturated carbocycles. The zero-order valence-electron chi connectivity index (χ0n) is 11.5. The Hall–Kier alpha value is -1.59. The van der Waals surface area contributed by atoms with Crippen LogP contribution < -0.4 is 10.6 Å². The number of likely N-dealkylation sites (tertiary alicyclic amines) is 1. The maximum Gasteiger partial charge on any atom is 0.322 e. The summed E-state index contributed by atoms with van der Waals surface area (Å²) in [5.41, 5.74) is -0.902. The molecule has 2 unspecified atom stereocenters. The molecule has 0 aliphatic carbocycles. The van der Waals surface area contributed by atoms with E-state index in [-0.39, 0.29) is 11.8 Å². The molecular formula is C13H21N3O3. The van der Waals surface area contributed by atoms with Crippen molar-refractivity contribution in [3.8, 4) is 0 Å². The molecular weight excluding hydrogens is 246 g/mol. The molecule has 2 aliphatic heterocycles. The Morgan fingerprint density at radius 3 is 2.79 bits per heavy atom. The molecule has 0 aromatic rings. The highest BCUT2D eigenvalue weighted by Crippen LogP contribution is 2.25. The molecule has 2 N–H and O–H groups in total. The number of hydrogen-bond acceptors (Lipinski definition) is 3. The second-order valence-electron chi connectivity index (χ2n) is 5.63. The Labute approximate surface area is 112 Å². The molecule has 6 nitrogen and oxygen atoms in total. The van der Waals surface area contributed by atoms with Crippen molar-refractivity contribution in [1.29, 1.82) is 0 Å². The van der Waals surface area contributed by atoms with Gasteiger partial charge in [0.05, 0.1) is 6.54 Å². The van der Waals surface area contributed by atoms with Gasteiger partial charge in [0, 0.05) is 13.0 Å². The topological polar surface area (TPSA) is 78.5 Å². The van der Waals surface area contributed by atoms with Crippen molar-refractivity contribution in [2.45, 2.75) is 45.1 Å². The lowest BCUT2D eigenvalue weighted by Gasteiger charge is -2.38. The van der Waals surface area contributed by atoms with E-state index in [1.807, 2.05) is 6.92 Å². The molecule has 2 aliphatic rings. The predicted molar refractivity (Wildman–Crippen MR) is 69.3 cm³/mol. The lowest BCUT2D eigenvalue weighted by molar-refractivity contribution is -0.136. The van der Waals surface area contributed by atoms with Crippen molar-refractivity contribution in [2.24, 2.45) is 5.92 Å². The molecule has 2 saturated heterocycles. The summed E-state index contributed by atoms with van der Waals surface area (Å²) in [7, 11) is 0. The average Bonchev–Trinajstić information content (AvgIpc) is 2.63. The normalized spacial score (nSPS) is 28.2. The van der Waals surface area contributed by atoms with Crippen LogP contribution in [0, 0.1) is 5.92 Å². The van der Waals surface area contributed by atoms with E-state index in [4.69, 9.17) is 0 Å². The predicted octanol–water partition coefficient (Wildman–Crippen LogP) is 0.623. The Kier molecular flexibility index (Phi) is 3.78. The van der Waals surface area contributed by atoms with Gasteiger partial charge in [-0.25, -0.2) is 4.79 Å². The second-order valence-corrected chi connectivity index (χ2v) is 5.63. The first-order chi connectivity index (χ1) is 8.97. The van der Waals surface area contributed by atoms with Crippen molar-refractivity contribution in [1.82, 2.24) is 15.5 Å². The molecule has 0 bridgehead atoms. The largest absolute Gasteiger partial charge is 0.340 e. The third kappa shape index (κ3) is 2.72.